The van der Waals surface area contributed by atoms with Gasteiger partial charge >= 0.3 is 5.97 Å². The summed E-state index contributed by atoms with van der Waals surface area (Å²) in [7, 11) is 0. The quantitative estimate of drug-likeness (QED) is 0.789. The normalized spacial score (nSPS) is 10.3. The highest BCUT2D eigenvalue weighted by Gasteiger charge is 2.11. The Morgan fingerprint density at radius 2 is 1.94 bits per heavy atom. The van der Waals surface area contributed by atoms with Gasteiger partial charge in [-0.1, -0.05) is 23.2 Å². The lowest BCUT2D eigenvalue weighted by Crippen LogP contribution is -1.96. The van der Waals surface area contributed by atoms with E-state index in [0.29, 0.717) is 15.7 Å². The van der Waals surface area contributed by atoms with E-state index >= 15 is 0 Å². The van der Waals surface area contributed by atoms with Crippen molar-refractivity contribution in [3.8, 4) is 0 Å². The Morgan fingerprint density at radius 1 is 1.28 bits per heavy atom. The largest absolute Gasteiger partial charge is 0.477 e. The van der Waals surface area contributed by atoms with E-state index in [2.05, 4.69) is 4.72 Å². The van der Waals surface area contributed by atoms with E-state index in [-0.39, 0.29) is 4.88 Å². The maximum absolute atomic E-state index is 10.9. The SMILES string of the molecule is O=C(O)c1sccc1NSc1cc(Cl)cc(Cl)c1. The first-order chi connectivity index (χ1) is 8.56. The van der Waals surface area contributed by atoms with Crippen LogP contribution in [-0.2, 0) is 0 Å². The van der Waals surface area contributed by atoms with Gasteiger partial charge in [-0.2, -0.15) is 0 Å². The molecule has 0 unspecified atom stereocenters. The first-order valence-electron chi connectivity index (χ1n) is 4.76. The topological polar surface area (TPSA) is 49.3 Å². The van der Waals surface area contributed by atoms with Crippen LogP contribution in [0.2, 0.25) is 10.0 Å². The van der Waals surface area contributed by atoms with Crippen molar-refractivity contribution in [3.63, 3.8) is 0 Å². The molecule has 1 heterocycles. The van der Waals surface area contributed by atoms with E-state index < -0.39 is 5.97 Å². The van der Waals surface area contributed by atoms with Crippen molar-refractivity contribution >= 4 is 58.1 Å². The van der Waals surface area contributed by atoms with Gasteiger partial charge < -0.3 is 9.83 Å². The molecule has 3 nitrogen and oxygen atoms in total. The maximum Gasteiger partial charge on any atom is 0.348 e. The molecular formula is C11H7Cl2NO2S2. The van der Waals surface area contributed by atoms with Gasteiger partial charge in [-0.3, -0.25) is 0 Å². The number of hydrogen-bond acceptors (Lipinski definition) is 4. The average Bonchev–Trinajstić information content (AvgIpc) is 2.73. The summed E-state index contributed by atoms with van der Waals surface area (Å²) in [4.78, 5) is 12.0. The molecule has 94 valence electrons. The molecule has 0 saturated carbocycles. The number of aromatic carboxylic acids is 1. The number of carboxylic acid groups (broad SMARTS) is 1. The fourth-order valence-electron chi connectivity index (χ4n) is 1.26. The zero-order valence-electron chi connectivity index (χ0n) is 8.81. The van der Waals surface area contributed by atoms with E-state index in [4.69, 9.17) is 28.3 Å². The highest BCUT2D eigenvalue weighted by molar-refractivity contribution is 8.00. The van der Waals surface area contributed by atoms with Crippen molar-refractivity contribution in [3.05, 3.63) is 44.6 Å². The second kappa shape index (κ2) is 5.84. The van der Waals surface area contributed by atoms with E-state index in [0.717, 1.165) is 4.90 Å². The fourth-order valence-corrected chi connectivity index (χ4v) is 3.43. The molecule has 0 spiro atoms. The summed E-state index contributed by atoms with van der Waals surface area (Å²) in [6.07, 6.45) is 0. The van der Waals surface area contributed by atoms with E-state index in [1.165, 1.54) is 23.3 Å². The molecule has 0 amide bonds. The molecule has 0 atom stereocenters. The van der Waals surface area contributed by atoms with Crippen molar-refractivity contribution in [1.29, 1.82) is 0 Å². The molecule has 0 saturated heterocycles. The first kappa shape index (κ1) is 13.5. The lowest BCUT2D eigenvalue weighted by molar-refractivity contribution is 0.0703. The first-order valence-corrected chi connectivity index (χ1v) is 7.21. The van der Waals surface area contributed by atoms with Gasteiger partial charge in [0.05, 0.1) is 5.69 Å². The van der Waals surface area contributed by atoms with Crippen LogP contribution in [0.15, 0.2) is 34.5 Å². The van der Waals surface area contributed by atoms with Crippen LogP contribution >= 0.6 is 46.5 Å². The van der Waals surface area contributed by atoms with Crippen molar-refractivity contribution < 1.29 is 9.90 Å². The number of rotatable bonds is 4. The van der Waals surface area contributed by atoms with Crippen LogP contribution in [0, 0.1) is 0 Å². The van der Waals surface area contributed by atoms with Crippen LogP contribution in [0.1, 0.15) is 9.67 Å². The van der Waals surface area contributed by atoms with Crippen LogP contribution in [0.4, 0.5) is 5.69 Å². The molecule has 1 aromatic heterocycles. The van der Waals surface area contributed by atoms with E-state index in [9.17, 15) is 4.79 Å². The molecule has 0 aliphatic carbocycles. The standard InChI is InChI=1S/C11H7Cl2NO2S2/c12-6-3-7(13)5-8(4-6)18-14-9-1-2-17-10(9)11(15)16/h1-5,14H,(H,15,16). The molecule has 2 rings (SSSR count). The van der Waals surface area contributed by atoms with Gasteiger partial charge in [0.15, 0.2) is 0 Å². The molecule has 0 bridgehead atoms. The molecule has 2 aromatic rings. The fraction of sp³-hybridized carbons (Fsp3) is 0. The van der Waals surface area contributed by atoms with Gasteiger partial charge in [-0.15, -0.1) is 11.3 Å². The van der Waals surface area contributed by atoms with Crippen LogP contribution in [0.3, 0.4) is 0 Å². The maximum atomic E-state index is 10.9. The van der Waals surface area contributed by atoms with Gasteiger partial charge in [-0.05, 0) is 41.6 Å². The van der Waals surface area contributed by atoms with Crippen LogP contribution in [0.5, 0.6) is 0 Å². The average molecular weight is 320 g/mol. The van der Waals surface area contributed by atoms with Gasteiger partial charge in [0.2, 0.25) is 0 Å². The van der Waals surface area contributed by atoms with Crippen molar-refractivity contribution in [2.24, 2.45) is 0 Å². The van der Waals surface area contributed by atoms with Gasteiger partial charge in [0, 0.05) is 14.9 Å². The lowest BCUT2D eigenvalue weighted by Gasteiger charge is -2.05. The van der Waals surface area contributed by atoms with Gasteiger partial charge in [0.1, 0.15) is 4.88 Å². The number of carboxylic acids is 1. The third-order valence-electron chi connectivity index (χ3n) is 1.97. The number of halogens is 2. The molecule has 0 aliphatic rings. The van der Waals surface area contributed by atoms with E-state index in [1.807, 2.05) is 0 Å². The minimum absolute atomic E-state index is 0.274. The Hall–Kier alpha value is -0.880. The Balaban J connectivity index is 2.11. The summed E-state index contributed by atoms with van der Waals surface area (Å²) in [6, 6.07) is 6.85. The zero-order chi connectivity index (χ0) is 13.1. The summed E-state index contributed by atoms with van der Waals surface area (Å²) in [5.74, 6) is -0.947. The summed E-state index contributed by atoms with van der Waals surface area (Å²) in [5, 5.41) is 11.8. The Morgan fingerprint density at radius 3 is 2.56 bits per heavy atom. The second-order valence-corrected chi connectivity index (χ2v) is 5.95. The summed E-state index contributed by atoms with van der Waals surface area (Å²) < 4.78 is 2.97. The Bertz CT molecular complexity index is 566. The number of hydrogen-bond donors (Lipinski definition) is 2. The zero-order valence-corrected chi connectivity index (χ0v) is 12.0. The number of anilines is 1. The van der Waals surface area contributed by atoms with Crippen molar-refractivity contribution in [1.82, 2.24) is 0 Å². The molecule has 18 heavy (non-hydrogen) atoms. The minimum atomic E-state index is -0.947. The highest BCUT2D eigenvalue weighted by Crippen LogP contribution is 2.30. The predicted octanol–water partition coefficient (Wildman–Crippen LogP) is 4.87. The number of thiophene rings is 1. The van der Waals surface area contributed by atoms with E-state index in [1.54, 1.807) is 29.6 Å². The molecule has 0 aliphatic heterocycles. The Kier molecular flexibility index (Phi) is 4.40. The predicted molar refractivity (Wildman–Crippen MR) is 77.2 cm³/mol. The number of carbonyl (C=O) groups is 1. The third kappa shape index (κ3) is 3.32. The second-order valence-electron chi connectivity index (χ2n) is 3.28. The highest BCUT2D eigenvalue weighted by atomic mass is 35.5. The third-order valence-corrected chi connectivity index (χ3v) is 4.11. The monoisotopic (exact) mass is 319 g/mol. The molecule has 0 fully saturated rings. The smallest absolute Gasteiger partial charge is 0.348 e. The van der Waals surface area contributed by atoms with Crippen LogP contribution in [0.25, 0.3) is 0 Å². The minimum Gasteiger partial charge on any atom is -0.477 e. The molecule has 1 aromatic carbocycles. The molecular weight excluding hydrogens is 313 g/mol. The van der Waals surface area contributed by atoms with Crippen molar-refractivity contribution in [2.45, 2.75) is 4.90 Å². The van der Waals surface area contributed by atoms with Gasteiger partial charge in [-0.25, -0.2) is 4.79 Å². The number of nitrogens with one attached hydrogen (secondary N) is 1. The van der Waals surface area contributed by atoms with Gasteiger partial charge in [0.25, 0.3) is 0 Å². The summed E-state index contributed by atoms with van der Waals surface area (Å²) in [5.41, 5.74) is 0.564. The van der Waals surface area contributed by atoms with Crippen molar-refractivity contribution in [2.75, 3.05) is 4.72 Å². The summed E-state index contributed by atoms with van der Waals surface area (Å²) in [6.45, 7) is 0. The molecule has 2 N–H and O–H groups in total. The van der Waals surface area contributed by atoms with Crippen LogP contribution in [-0.4, -0.2) is 11.1 Å². The Labute approximate surface area is 122 Å². The molecule has 7 heteroatoms. The van der Waals surface area contributed by atoms with Crippen LogP contribution < -0.4 is 4.72 Å². The number of benzene rings is 1. The summed E-state index contributed by atoms with van der Waals surface area (Å²) >= 11 is 14.2. The molecule has 0 radical (unpaired) electrons. The lowest BCUT2D eigenvalue weighted by atomic mass is 10.4.